The van der Waals surface area contributed by atoms with Crippen LogP contribution in [-0.4, -0.2) is 55.1 Å². The molecule has 1 aliphatic heterocycles. The van der Waals surface area contributed by atoms with Gasteiger partial charge in [0.1, 0.15) is 0 Å². The lowest BCUT2D eigenvalue weighted by atomic mass is 10.0. The van der Waals surface area contributed by atoms with E-state index in [1.54, 1.807) is 6.20 Å². The van der Waals surface area contributed by atoms with Crippen LogP contribution >= 0.6 is 11.6 Å². The Bertz CT molecular complexity index is 1130. The molecule has 0 bridgehead atoms. The number of nitrogens with zero attached hydrogens (tertiary/aromatic N) is 4. The first-order valence-corrected chi connectivity index (χ1v) is 11.8. The van der Waals surface area contributed by atoms with E-state index in [0.717, 1.165) is 42.8 Å². The molecule has 4 rings (SSSR count). The zero-order valence-electron chi connectivity index (χ0n) is 19.4. The molecule has 168 valence electrons. The molecule has 1 aromatic heterocycles. The number of amides is 1. The number of pyridine rings is 1. The predicted octanol–water partition coefficient (Wildman–Crippen LogP) is 5.31. The largest absolute Gasteiger partial charge is 0.368 e. The molecule has 6 heteroatoms. The fraction of sp³-hybridized carbons (Fsp3) is 0.385. The van der Waals surface area contributed by atoms with E-state index in [1.807, 2.05) is 36.9 Å². The van der Waals surface area contributed by atoms with Crippen LogP contribution in [0.4, 0.5) is 11.4 Å². The lowest BCUT2D eigenvalue weighted by Crippen LogP contribution is -2.47. The van der Waals surface area contributed by atoms with Crippen LogP contribution in [0.2, 0.25) is 5.02 Å². The van der Waals surface area contributed by atoms with Crippen molar-refractivity contribution in [3.63, 3.8) is 0 Å². The summed E-state index contributed by atoms with van der Waals surface area (Å²) in [5.41, 5.74) is 6.34. The van der Waals surface area contributed by atoms with Crippen molar-refractivity contribution in [2.75, 3.05) is 49.1 Å². The molecular weight excluding hydrogens is 420 g/mol. The Hall–Kier alpha value is -2.79. The van der Waals surface area contributed by atoms with Crippen LogP contribution in [0, 0.1) is 13.8 Å². The highest BCUT2D eigenvalue weighted by Crippen LogP contribution is 2.34. The third kappa shape index (κ3) is 4.26. The normalized spacial score (nSPS) is 14.2. The molecule has 1 fully saturated rings. The standard InChI is InChI=1S/C26H31ClN4O/c1-5-29(6-2)26(32)22-17-28-23-9-8-20(27)16-21(23)25(22)31-13-11-30(12-14-31)24-10-7-18(3)15-19(24)4/h7-10,15-17H,5-6,11-14H2,1-4H3. The van der Waals surface area contributed by atoms with Crippen molar-refractivity contribution in [1.29, 1.82) is 0 Å². The quantitative estimate of drug-likeness (QED) is 0.527. The molecule has 0 saturated carbocycles. The highest BCUT2D eigenvalue weighted by Gasteiger charge is 2.26. The van der Waals surface area contributed by atoms with Gasteiger partial charge in [-0.2, -0.15) is 0 Å². The number of piperazine rings is 1. The second-order valence-electron chi connectivity index (χ2n) is 8.42. The molecule has 2 aromatic carbocycles. The van der Waals surface area contributed by atoms with E-state index in [2.05, 4.69) is 46.8 Å². The molecule has 0 N–H and O–H groups in total. The zero-order valence-corrected chi connectivity index (χ0v) is 20.1. The van der Waals surface area contributed by atoms with Gasteiger partial charge in [0, 0.05) is 61.6 Å². The average Bonchev–Trinajstić information content (AvgIpc) is 2.79. The highest BCUT2D eigenvalue weighted by atomic mass is 35.5. The Balaban J connectivity index is 1.70. The number of hydrogen-bond acceptors (Lipinski definition) is 4. The van der Waals surface area contributed by atoms with E-state index >= 15 is 0 Å². The van der Waals surface area contributed by atoms with Crippen molar-refractivity contribution >= 4 is 39.8 Å². The maximum absolute atomic E-state index is 13.4. The number of carbonyl (C=O) groups excluding carboxylic acids is 1. The minimum atomic E-state index is 0.0242. The van der Waals surface area contributed by atoms with Gasteiger partial charge in [0.2, 0.25) is 0 Å². The second-order valence-corrected chi connectivity index (χ2v) is 8.86. The first kappa shape index (κ1) is 22.4. The van der Waals surface area contributed by atoms with Crippen LogP contribution in [0.25, 0.3) is 10.9 Å². The highest BCUT2D eigenvalue weighted by molar-refractivity contribution is 6.31. The van der Waals surface area contributed by atoms with Gasteiger partial charge in [0.25, 0.3) is 5.91 Å². The fourth-order valence-electron chi connectivity index (χ4n) is 4.66. The first-order chi connectivity index (χ1) is 15.4. The molecule has 0 radical (unpaired) electrons. The van der Waals surface area contributed by atoms with Crippen LogP contribution in [0.3, 0.4) is 0 Å². The van der Waals surface area contributed by atoms with Gasteiger partial charge >= 0.3 is 0 Å². The Morgan fingerprint density at radius 1 is 1.00 bits per heavy atom. The molecule has 2 heterocycles. The molecule has 1 aliphatic rings. The van der Waals surface area contributed by atoms with Gasteiger partial charge < -0.3 is 14.7 Å². The summed E-state index contributed by atoms with van der Waals surface area (Å²) in [6.45, 7) is 13.1. The van der Waals surface area contributed by atoms with E-state index in [1.165, 1.54) is 16.8 Å². The van der Waals surface area contributed by atoms with Gasteiger partial charge in [-0.15, -0.1) is 0 Å². The van der Waals surface area contributed by atoms with Gasteiger partial charge in [-0.05, 0) is 57.5 Å². The van der Waals surface area contributed by atoms with Crippen molar-refractivity contribution < 1.29 is 4.79 Å². The smallest absolute Gasteiger partial charge is 0.257 e. The number of aromatic nitrogens is 1. The maximum Gasteiger partial charge on any atom is 0.257 e. The lowest BCUT2D eigenvalue weighted by Gasteiger charge is -2.39. The van der Waals surface area contributed by atoms with Crippen LogP contribution < -0.4 is 9.80 Å². The summed E-state index contributed by atoms with van der Waals surface area (Å²) in [7, 11) is 0. The number of anilines is 2. The lowest BCUT2D eigenvalue weighted by molar-refractivity contribution is 0.0773. The van der Waals surface area contributed by atoms with Gasteiger partial charge in [-0.3, -0.25) is 9.78 Å². The van der Waals surface area contributed by atoms with Crippen molar-refractivity contribution in [2.24, 2.45) is 0 Å². The summed E-state index contributed by atoms with van der Waals surface area (Å²) in [6.07, 6.45) is 1.74. The minimum Gasteiger partial charge on any atom is -0.368 e. The van der Waals surface area contributed by atoms with Crippen LogP contribution in [0.15, 0.2) is 42.6 Å². The molecule has 1 saturated heterocycles. The van der Waals surface area contributed by atoms with Gasteiger partial charge in [-0.1, -0.05) is 29.3 Å². The van der Waals surface area contributed by atoms with Crippen molar-refractivity contribution in [1.82, 2.24) is 9.88 Å². The van der Waals surface area contributed by atoms with E-state index in [9.17, 15) is 4.79 Å². The van der Waals surface area contributed by atoms with E-state index in [-0.39, 0.29) is 5.91 Å². The SMILES string of the molecule is CCN(CC)C(=O)c1cnc2ccc(Cl)cc2c1N1CCN(c2ccc(C)cc2C)CC1. The van der Waals surface area contributed by atoms with Gasteiger partial charge in [-0.25, -0.2) is 0 Å². The minimum absolute atomic E-state index is 0.0242. The van der Waals surface area contributed by atoms with Gasteiger partial charge in [0.15, 0.2) is 0 Å². The fourth-order valence-corrected chi connectivity index (χ4v) is 4.83. The molecule has 0 aliphatic carbocycles. The molecule has 3 aromatic rings. The van der Waals surface area contributed by atoms with Crippen molar-refractivity contribution in [2.45, 2.75) is 27.7 Å². The van der Waals surface area contributed by atoms with Crippen molar-refractivity contribution in [3.8, 4) is 0 Å². The number of benzene rings is 2. The molecule has 0 atom stereocenters. The van der Waals surface area contributed by atoms with Crippen LogP contribution in [-0.2, 0) is 0 Å². The molecule has 0 unspecified atom stereocenters. The van der Waals surface area contributed by atoms with E-state index < -0.39 is 0 Å². The molecule has 1 amide bonds. The third-order valence-corrected chi connectivity index (χ3v) is 6.61. The number of rotatable bonds is 5. The number of fused-ring (bicyclic) bond motifs is 1. The Kier molecular flexibility index (Phi) is 6.56. The molecular formula is C26H31ClN4O. The summed E-state index contributed by atoms with van der Waals surface area (Å²) < 4.78 is 0. The molecule has 32 heavy (non-hydrogen) atoms. The average molecular weight is 451 g/mol. The monoisotopic (exact) mass is 450 g/mol. The maximum atomic E-state index is 13.4. The van der Waals surface area contributed by atoms with E-state index in [0.29, 0.717) is 23.7 Å². The summed E-state index contributed by atoms with van der Waals surface area (Å²) in [5, 5.41) is 1.59. The first-order valence-electron chi connectivity index (χ1n) is 11.4. The predicted molar refractivity (Wildman–Crippen MR) is 134 cm³/mol. The van der Waals surface area contributed by atoms with Crippen molar-refractivity contribution in [3.05, 3.63) is 64.3 Å². The summed E-state index contributed by atoms with van der Waals surface area (Å²) in [6, 6.07) is 12.4. The molecule has 5 nitrogen and oxygen atoms in total. The summed E-state index contributed by atoms with van der Waals surface area (Å²) >= 11 is 6.36. The number of carbonyl (C=O) groups is 1. The Morgan fingerprint density at radius 2 is 1.69 bits per heavy atom. The van der Waals surface area contributed by atoms with Gasteiger partial charge in [0.05, 0.1) is 16.8 Å². The number of aryl methyl sites for hydroxylation is 2. The Labute approximate surface area is 195 Å². The zero-order chi connectivity index (χ0) is 22.8. The summed E-state index contributed by atoms with van der Waals surface area (Å²) in [4.78, 5) is 24.6. The second kappa shape index (κ2) is 9.37. The van der Waals surface area contributed by atoms with Crippen LogP contribution in [0.1, 0.15) is 35.3 Å². The van der Waals surface area contributed by atoms with E-state index in [4.69, 9.17) is 11.6 Å². The third-order valence-electron chi connectivity index (χ3n) is 6.37. The molecule has 0 spiro atoms. The topological polar surface area (TPSA) is 39.7 Å². The number of halogens is 1. The Morgan fingerprint density at radius 3 is 2.34 bits per heavy atom. The summed E-state index contributed by atoms with van der Waals surface area (Å²) in [5.74, 6) is 0.0242. The number of hydrogen-bond donors (Lipinski definition) is 0. The van der Waals surface area contributed by atoms with Crippen LogP contribution in [0.5, 0.6) is 0 Å².